The Morgan fingerprint density at radius 3 is 2.87 bits per heavy atom. The molecule has 0 radical (unpaired) electrons. The molecule has 31 heavy (non-hydrogen) atoms. The van der Waals surface area contributed by atoms with Crippen LogP contribution in [-0.2, 0) is 6.54 Å². The van der Waals surface area contributed by atoms with Crippen LogP contribution in [0.2, 0.25) is 0 Å². The van der Waals surface area contributed by atoms with Crippen molar-refractivity contribution in [2.75, 3.05) is 5.32 Å². The van der Waals surface area contributed by atoms with Crippen molar-refractivity contribution < 1.29 is 0 Å². The minimum absolute atomic E-state index is 0.0290. The number of fused-ring (bicyclic) bond motifs is 1. The molecule has 156 valence electrons. The number of hydrogen-bond acceptors (Lipinski definition) is 6. The molecule has 0 bridgehead atoms. The molecule has 1 aromatic carbocycles. The zero-order chi connectivity index (χ0) is 21.2. The number of nitriles is 1. The molecule has 1 saturated carbocycles. The molecule has 0 unspecified atom stereocenters. The molecule has 9 nitrogen and oxygen atoms in total. The van der Waals surface area contributed by atoms with Crippen LogP contribution < -0.4 is 10.9 Å². The Kier molecular flexibility index (Phi) is 4.96. The van der Waals surface area contributed by atoms with Gasteiger partial charge in [-0.05, 0) is 36.6 Å². The Morgan fingerprint density at radius 2 is 2.03 bits per heavy atom. The summed E-state index contributed by atoms with van der Waals surface area (Å²) in [4.78, 5) is 15.4. The van der Waals surface area contributed by atoms with E-state index in [2.05, 4.69) is 26.6 Å². The molecule has 3 aromatic heterocycles. The lowest BCUT2D eigenvalue weighted by atomic mass is 9.85. The number of anilines is 2. The Balaban J connectivity index is 1.52. The smallest absolute Gasteiger partial charge is 0.261 e. The van der Waals surface area contributed by atoms with Gasteiger partial charge in [-0.15, -0.1) is 10.2 Å². The number of nitrogens with zero attached hydrogens (tertiary/aromatic N) is 6. The maximum Gasteiger partial charge on any atom is 0.261 e. The highest BCUT2D eigenvalue weighted by Crippen LogP contribution is 2.36. The molecule has 0 saturated heterocycles. The van der Waals surface area contributed by atoms with Crippen molar-refractivity contribution in [3.63, 3.8) is 0 Å². The molecule has 9 heteroatoms. The Morgan fingerprint density at radius 1 is 1.19 bits per heavy atom. The predicted molar refractivity (Wildman–Crippen MR) is 116 cm³/mol. The summed E-state index contributed by atoms with van der Waals surface area (Å²) in [6.45, 7) is 0.643. The van der Waals surface area contributed by atoms with Crippen molar-refractivity contribution in [3.05, 3.63) is 65.1 Å². The van der Waals surface area contributed by atoms with Crippen LogP contribution in [0.4, 0.5) is 11.5 Å². The van der Waals surface area contributed by atoms with E-state index in [9.17, 15) is 10.1 Å². The number of hydrogen-bond donors (Lipinski definition) is 2. The van der Waals surface area contributed by atoms with Gasteiger partial charge in [0.25, 0.3) is 5.56 Å². The van der Waals surface area contributed by atoms with Crippen molar-refractivity contribution in [1.29, 1.82) is 5.26 Å². The molecule has 0 aliphatic heterocycles. The van der Waals surface area contributed by atoms with Gasteiger partial charge >= 0.3 is 0 Å². The van der Waals surface area contributed by atoms with Crippen molar-refractivity contribution in [2.24, 2.45) is 5.92 Å². The fourth-order valence-electron chi connectivity index (χ4n) is 4.39. The Bertz CT molecular complexity index is 1300. The third-order valence-electron chi connectivity index (χ3n) is 5.86. The highest BCUT2D eigenvalue weighted by molar-refractivity contribution is 5.91. The quantitative estimate of drug-likeness (QED) is 0.517. The molecular formula is C22H22N8O. The Hall–Kier alpha value is -3.93. The second-order valence-corrected chi connectivity index (χ2v) is 7.91. The highest BCUT2D eigenvalue weighted by Gasteiger charge is 2.29. The summed E-state index contributed by atoms with van der Waals surface area (Å²) >= 11 is 0. The fraction of sp³-hybridized carbons (Fsp3) is 0.318. The molecule has 1 aliphatic carbocycles. The molecular weight excluding hydrogens is 392 g/mol. The van der Waals surface area contributed by atoms with Crippen LogP contribution in [0.15, 0.2) is 54.0 Å². The average Bonchev–Trinajstić information content (AvgIpc) is 3.43. The normalized spacial score (nSPS) is 18.7. The minimum atomic E-state index is -0.198. The Labute approximate surface area is 178 Å². The topological polar surface area (TPSA) is 117 Å². The van der Waals surface area contributed by atoms with Crippen molar-refractivity contribution in [3.8, 4) is 6.07 Å². The van der Waals surface area contributed by atoms with Gasteiger partial charge in [-0.1, -0.05) is 25.0 Å². The van der Waals surface area contributed by atoms with E-state index in [1.165, 1.54) is 0 Å². The zero-order valence-corrected chi connectivity index (χ0v) is 16.9. The lowest BCUT2D eigenvalue weighted by Gasteiger charge is -2.27. The number of pyridine rings is 1. The molecule has 2 N–H and O–H groups in total. The molecule has 1 fully saturated rings. The molecule has 1 aliphatic rings. The molecule has 4 aromatic rings. The summed E-state index contributed by atoms with van der Waals surface area (Å²) in [5.74, 6) is 0.400. The molecule has 5 rings (SSSR count). The SMILES string of the molecule is N#C[C@H]1CCCC[C@@H]1n1nc(Nc2cccc(Cn3cnnc3)c2)c2c(=O)[nH]ccc21. The van der Waals surface area contributed by atoms with Crippen molar-refractivity contribution in [1.82, 2.24) is 29.5 Å². The number of rotatable bonds is 5. The predicted octanol–water partition coefficient (Wildman–Crippen LogP) is 3.36. The van der Waals surface area contributed by atoms with Crippen LogP contribution in [-0.4, -0.2) is 29.5 Å². The number of benzene rings is 1. The van der Waals surface area contributed by atoms with E-state index in [1.807, 2.05) is 39.6 Å². The third kappa shape index (κ3) is 3.68. The average molecular weight is 414 g/mol. The number of H-pyrrole nitrogens is 1. The van der Waals surface area contributed by atoms with Gasteiger partial charge in [0.15, 0.2) is 5.82 Å². The number of nitrogens with one attached hydrogen (secondary N) is 2. The van der Waals surface area contributed by atoms with Crippen LogP contribution in [0.3, 0.4) is 0 Å². The van der Waals surface area contributed by atoms with Crippen LogP contribution >= 0.6 is 0 Å². The summed E-state index contributed by atoms with van der Waals surface area (Å²) in [5, 5.41) is 25.9. The van der Waals surface area contributed by atoms with Gasteiger partial charge in [0, 0.05) is 11.9 Å². The fourth-order valence-corrected chi connectivity index (χ4v) is 4.39. The first-order chi connectivity index (χ1) is 15.2. The lowest BCUT2D eigenvalue weighted by molar-refractivity contribution is 0.277. The van der Waals surface area contributed by atoms with Gasteiger partial charge in [-0.3, -0.25) is 9.48 Å². The maximum absolute atomic E-state index is 12.7. The van der Waals surface area contributed by atoms with Crippen LogP contribution in [0.25, 0.3) is 10.9 Å². The molecule has 0 spiro atoms. The summed E-state index contributed by atoms with van der Waals surface area (Å²) in [6.07, 6.45) is 8.83. The second-order valence-electron chi connectivity index (χ2n) is 7.91. The standard InChI is InChI=1S/C22H22N8O/c23-11-16-5-1-2-7-18(16)30-19-8-9-24-22(31)20(19)21(28-30)27-17-6-3-4-15(10-17)12-29-13-25-26-14-29/h3-4,6,8-10,13-14,16,18H,1-2,5,7,12H2,(H,24,31)(H,27,28)/t16-,18+/m1/s1. The number of aromatic nitrogens is 6. The minimum Gasteiger partial charge on any atom is -0.338 e. The largest absolute Gasteiger partial charge is 0.338 e. The van der Waals surface area contributed by atoms with Gasteiger partial charge < -0.3 is 14.9 Å². The first-order valence-electron chi connectivity index (χ1n) is 10.4. The van der Waals surface area contributed by atoms with E-state index in [-0.39, 0.29) is 17.5 Å². The van der Waals surface area contributed by atoms with Gasteiger partial charge in [-0.2, -0.15) is 10.4 Å². The van der Waals surface area contributed by atoms with E-state index in [1.54, 1.807) is 18.9 Å². The van der Waals surface area contributed by atoms with Crippen molar-refractivity contribution in [2.45, 2.75) is 38.3 Å². The first kappa shape index (κ1) is 19.1. The number of aromatic amines is 1. The maximum atomic E-state index is 12.7. The summed E-state index contributed by atoms with van der Waals surface area (Å²) in [7, 11) is 0. The second kappa shape index (κ2) is 8.07. The van der Waals surface area contributed by atoms with Gasteiger partial charge in [-0.25, -0.2) is 0 Å². The van der Waals surface area contributed by atoms with E-state index in [0.717, 1.165) is 42.5 Å². The summed E-state index contributed by atoms with van der Waals surface area (Å²) in [6, 6.07) is 12.2. The lowest BCUT2D eigenvalue weighted by Crippen LogP contribution is -2.23. The van der Waals surface area contributed by atoms with E-state index >= 15 is 0 Å². The van der Waals surface area contributed by atoms with Crippen LogP contribution in [0, 0.1) is 17.2 Å². The van der Waals surface area contributed by atoms with E-state index < -0.39 is 0 Å². The van der Waals surface area contributed by atoms with Crippen LogP contribution in [0.5, 0.6) is 0 Å². The van der Waals surface area contributed by atoms with Gasteiger partial charge in [0.05, 0.1) is 30.1 Å². The molecule has 2 atom stereocenters. The van der Waals surface area contributed by atoms with Crippen molar-refractivity contribution >= 4 is 22.4 Å². The van der Waals surface area contributed by atoms with Gasteiger partial charge in [0.1, 0.15) is 18.0 Å². The molecule has 0 amide bonds. The van der Waals surface area contributed by atoms with E-state index in [4.69, 9.17) is 5.10 Å². The van der Waals surface area contributed by atoms with Crippen LogP contribution in [0.1, 0.15) is 37.3 Å². The third-order valence-corrected chi connectivity index (χ3v) is 5.86. The first-order valence-corrected chi connectivity index (χ1v) is 10.4. The van der Waals surface area contributed by atoms with Gasteiger partial charge in [0.2, 0.25) is 0 Å². The zero-order valence-electron chi connectivity index (χ0n) is 16.9. The molecule has 3 heterocycles. The highest BCUT2D eigenvalue weighted by atomic mass is 16.1. The summed E-state index contributed by atoms with van der Waals surface area (Å²) < 4.78 is 3.76. The van der Waals surface area contributed by atoms with E-state index in [0.29, 0.717) is 17.7 Å². The monoisotopic (exact) mass is 414 g/mol. The summed E-state index contributed by atoms with van der Waals surface area (Å²) in [5.41, 5.74) is 2.45.